The van der Waals surface area contributed by atoms with E-state index in [1.54, 1.807) is 12.3 Å². The summed E-state index contributed by atoms with van der Waals surface area (Å²) in [5.41, 5.74) is 3.64. The lowest BCUT2D eigenvalue weighted by Crippen LogP contribution is -2.31. The van der Waals surface area contributed by atoms with Crippen molar-refractivity contribution >= 4 is 35.1 Å². The van der Waals surface area contributed by atoms with Crippen LogP contribution in [0.1, 0.15) is 5.76 Å². The Balaban J connectivity index is 1.95. The summed E-state index contributed by atoms with van der Waals surface area (Å²) in [6, 6.07) is 11.1. The Morgan fingerprint density at radius 1 is 1.29 bits per heavy atom. The highest BCUT2D eigenvalue weighted by Crippen LogP contribution is 2.23. The second kappa shape index (κ2) is 7.61. The van der Waals surface area contributed by atoms with Crippen LogP contribution in [0.15, 0.2) is 58.6 Å². The van der Waals surface area contributed by atoms with E-state index in [0.29, 0.717) is 22.4 Å². The van der Waals surface area contributed by atoms with Crippen LogP contribution in [0.5, 0.6) is 0 Å². The zero-order chi connectivity index (χ0) is 15.1. The molecule has 2 N–H and O–H groups in total. The van der Waals surface area contributed by atoms with Crippen molar-refractivity contribution in [2.75, 3.05) is 6.54 Å². The minimum Gasteiger partial charge on any atom is -0.455 e. The van der Waals surface area contributed by atoms with Gasteiger partial charge in [0.05, 0.1) is 6.21 Å². The van der Waals surface area contributed by atoms with Crippen LogP contribution in [0.3, 0.4) is 0 Å². The molecule has 0 saturated carbocycles. The number of hydrogen-bond donors (Lipinski definition) is 2. The van der Waals surface area contributed by atoms with Crippen LogP contribution < -0.4 is 10.7 Å². The third kappa shape index (κ3) is 4.73. The highest BCUT2D eigenvalue weighted by molar-refractivity contribution is 7.80. The molecular weight excluding hydrogens is 306 g/mol. The lowest BCUT2D eigenvalue weighted by atomic mass is 10.2. The first kappa shape index (κ1) is 15.3. The Morgan fingerprint density at radius 2 is 2.05 bits per heavy atom. The number of furan rings is 1. The van der Waals surface area contributed by atoms with E-state index >= 15 is 0 Å². The number of rotatable bonds is 5. The van der Waals surface area contributed by atoms with Gasteiger partial charge in [-0.3, -0.25) is 5.43 Å². The third-order valence-electron chi connectivity index (χ3n) is 2.52. The number of nitrogens with zero attached hydrogens (tertiary/aromatic N) is 1. The number of hydrogen-bond acceptors (Lipinski definition) is 3. The van der Waals surface area contributed by atoms with E-state index in [-0.39, 0.29) is 0 Å². The lowest BCUT2D eigenvalue weighted by Gasteiger charge is -2.02. The smallest absolute Gasteiger partial charge is 0.187 e. The van der Waals surface area contributed by atoms with Gasteiger partial charge in [-0.1, -0.05) is 17.7 Å². The maximum absolute atomic E-state index is 5.85. The van der Waals surface area contributed by atoms with Crippen molar-refractivity contribution in [3.8, 4) is 11.3 Å². The first-order valence-electron chi connectivity index (χ1n) is 6.22. The Labute approximate surface area is 133 Å². The van der Waals surface area contributed by atoms with Crippen LogP contribution in [0.25, 0.3) is 11.3 Å². The highest BCUT2D eigenvalue weighted by Gasteiger charge is 2.03. The minimum atomic E-state index is 0.427. The summed E-state index contributed by atoms with van der Waals surface area (Å²) in [4.78, 5) is 0. The van der Waals surface area contributed by atoms with Gasteiger partial charge in [-0.15, -0.1) is 6.58 Å². The molecule has 0 aliphatic heterocycles. The summed E-state index contributed by atoms with van der Waals surface area (Å²) in [6.45, 7) is 4.17. The molecule has 4 nitrogen and oxygen atoms in total. The Morgan fingerprint density at radius 3 is 2.76 bits per heavy atom. The van der Waals surface area contributed by atoms with Gasteiger partial charge in [-0.25, -0.2) is 0 Å². The second-order valence-electron chi connectivity index (χ2n) is 4.08. The van der Waals surface area contributed by atoms with Crippen molar-refractivity contribution in [1.29, 1.82) is 0 Å². The molecule has 1 heterocycles. The molecule has 1 aromatic carbocycles. The summed E-state index contributed by atoms with van der Waals surface area (Å²) in [6.07, 6.45) is 3.27. The SMILES string of the molecule is C=CCNC(=S)N/N=C\c1ccc(-c2ccc(Cl)cc2)o1. The molecule has 108 valence electrons. The van der Waals surface area contributed by atoms with Gasteiger partial charge in [-0.2, -0.15) is 5.10 Å². The predicted molar refractivity (Wildman–Crippen MR) is 90.7 cm³/mol. The van der Waals surface area contributed by atoms with Gasteiger partial charge >= 0.3 is 0 Å². The van der Waals surface area contributed by atoms with Gasteiger partial charge < -0.3 is 9.73 Å². The Bertz CT molecular complexity index is 649. The second-order valence-corrected chi connectivity index (χ2v) is 4.92. The Hall–Kier alpha value is -2.11. The van der Waals surface area contributed by atoms with Crippen LogP contribution in [-0.2, 0) is 0 Å². The lowest BCUT2D eigenvalue weighted by molar-refractivity contribution is 0.574. The Kier molecular flexibility index (Phi) is 5.54. The topological polar surface area (TPSA) is 49.6 Å². The van der Waals surface area contributed by atoms with Crippen LogP contribution >= 0.6 is 23.8 Å². The number of hydrazone groups is 1. The molecule has 2 rings (SSSR count). The van der Waals surface area contributed by atoms with Crippen LogP contribution in [-0.4, -0.2) is 17.9 Å². The maximum atomic E-state index is 5.85. The average Bonchev–Trinajstić information content (AvgIpc) is 2.95. The van der Waals surface area contributed by atoms with E-state index in [2.05, 4.69) is 22.4 Å². The molecule has 0 fully saturated rings. The summed E-state index contributed by atoms with van der Waals surface area (Å²) in [5.74, 6) is 1.37. The molecule has 0 unspecified atom stereocenters. The minimum absolute atomic E-state index is 0.427. The van der Waals surface area contributed by atoms with E-state index in [0.717, 1.165) is 11.3 Å². The molecule has 0 amide bonds. The molecule has 0 atom stereocenters. The molecule has 0 saturated heterocycles. The molecule has 0 spiro atoms. The molecular formula is C15H14ClN3OS. The molecule has 2 aromatic rings. The van der Waals surface area contributed by atoms with Crippen molar-refractivity contribution in [2.45, 2.75) is 0 Å². The monoisotopic (exact) mass is 319 g/mol. The van der Waals surface area contributed by atoms with Crippen molar-refractivity contribution in [1.82, 2.24) is 10.7 Å². The fraction of sp³-hybridized carbons (Fsp3) is 0.0667. The maximum Gasteiger partial charge on any atom is 0.187 e. The van der Waals surface area contributed by atoms with Crippen molar-refractivity contribution in [3.05, 3.63) is 59.8 Å². The zero-order valence-electron chi connectivity index (χ0n) is 11.2. The molecule has 1 aromatic heterocycles. The first-order valence-corrected chi connectivity index (χ1v) is 7.01. The normalized spacial score (nSPS) is 10.5. The summed E-state index contributed by atoms with van der Waals surface area (Å²) >= 11 is 10.9. The molecule has 0 bridgehead atoms. The summed E-state index contributed by atoms with van der Waals surface area (Å²) in [5, 5.41) is 8.01. The van der Waals surface area contributed by atoms with Gasteiger partial charge in [0.1, 0.15) is 11.5 Å². The van der Waals surface area contributed by atoms with Crippen LogP contribution in [0, 0.1) is 0 Å². The largest absolute Gasteiger partial charge is 0.455 e. The van der Waals surface area contributed by atoms with Gasteiger partial charge in [-0.05, 0) is 48.6 Å². The standard InChI is InChI=1S/C15H14ClN3OS/c1-2-9-17-15(21)19-18-10-13-7-8-14(20-13)11-3-5-12(16)6-4-11/h2-8,10H,1,9H2,(H2,17,19,21)/b18-10-. The molecule has 0 radical (unpaired) electrons. The fourth-order valence-electron chi connectivity index (χ4n) is 1.55. The summed E-state index contributed by atoms with van der Waals surface area (Å²) < 4.78 is 5.66. The van der Waals surface area contributed by atoms with E-state index in [1.807, 2.05) is 36.4 Å². The third-order valence-corrected chi connectivity index (χ3v) is 3.01. The van der Waals surface area contributed by atoms with Gasteiger partial charge in [0.2, 0.25) is 0 Å². The number of benzene rings is 1. The number of nitrogens with one attached hydrogen (secondary N) is 2. The van der Waals surface area contributed by atoms with Gasteiger partial charge in [0.15, 0.2) is 5.11 Å². The van der Waals surface area contributed by atoms with Crippen molar-refractivity contribution < 1.29 is 4.42 Å². The summed E-state index contributed by atoms with van der Waals surface area (Å²) in [7, 11) is 0. The van der Waals surface area contributed by atoms with Crippen LogP contribution in [0.2, 0.25) is 5.02 Å². The average molecular weight is 320 g/mol. The number of thiocarbonyl (C=S) groups is 1. The molecule has 6 heteroatoms. The number of halogens is 1. The molecule has 21 heavy (non-hydrogen) atoms. The zero-order valence-corrected chi connectivity index (χ0v) is 12.7. The predicted octanol–water partition coefficient (Wildman–Crippen LogP) is 3.58. The molecule has 0 aliphatic rings. The first-order chi connectivity index (χ1) is 10.2. The highest BCUT2D eigenvalue weighted by atomic mass is 35.5. The van der Waals surface area contributed by atoms with E-state index in [9.17, 15) is 0 Å². The van der Waals surface area contributed by atoms with Crippen LogP contribution in [0.4, 0.5) is 0 Å². The van der Waals surface area contributed by atoms with E-state index in [1.165, 1.54) is 0 Å². The van der Waals surface area contributed by atoms with E-state index < -0.39 is 0 Å². The molecule has 0 aliphatic carbocycles. The van der Waals surface area contributed by atoms with Crippen molar-refractivity contribution in [2.24, 2.45) is 5.10 Å². The van der Waals surface area contributed by atoms with Crippen molar-refractivity contribution in [3.63, 3.8) is 0 Å². The van der Waals surface area contributed by atoms with E-state index in [4.69, 9.17) is 28.2 Å². The fourth-order valence-corrected chi connectivity index (χ4v) is 1.81. The van der Waals surface area contributed by atoms with Gasteiger partial charge in [0.25, 0.3) is 0 Å². The van der Waals surface area contributed by atoms with Gasteiger partial charge in [0, 0.05) is 17.1 Å². The quantitative estimate of drug-likeness (QED) is 0.383.